The summed E-state index contributed by atoms with van der Waals surface area (Å²) in [6, 6.07) is 4.58. The first kappa shape index (κ1) is 12.0. The summed E-state index contributed by atoms with van der Waals surface area (Å²) in [5.41, 5.74) is 0.377. The Kier molecular flexibility index (Phi) is 3.18. The van der Waals surface area contributed by atoms with Crippen molar-refractivity contribution in [1.82, 2.24) is 9.97 Å². The fourth-order valence-corrected chi connectivity index (χ4v) is 1.28. The van der Waals surface area contributed by atoms with E-state index in [1.807, 2.05) is 0 Å². The van der Waals surface area contributed by atoms with E-state index in [4.69, 9.17) is 9.84 Å². The van der Waals surface area contributed by atoms with Gasteiger partial charge in [-0.25, -0.2) is 19.2 Å². The maximum absolute atomic E-state index is 13.6. The summed E-state index contributed by atoms with van der Waals surface area (Å²) in [6.07, 6.45) is 2.19. The lowest BCUT2D eigenvalue weighted by Crippen LogP contribution is -2.00. The van der Waals surface area contributed by atoms with Gasteiger partial charge >= 0.3 is 12.0 Å². The van der Waals surface area contributed by atoms with Crippen molar-refractivity contribution in [2.75, 3.05) is 0 Å². The van der Waals surface area contributed by atoms with Crippen LogP contribution in [0.15, 0.2) is 30.6 Å². The van der Waals surface area contributed by atoms with Crippen LogP contribution in [0.5, 0.6) is 11.8 Å². The number of aryl methyl sites for hydroxylation is 1. The standard InChI is InChI=1S/C12H9FN2O3/c1-7-3-2-4-9(10(7)13)18-12-14-5-8(6-15-12)11(16)17/h2-6H,1H3,(H,16,17). The first-order valence-corrected chi connectivity index (χ1v) is 5.06. The number of carboxylic acid groups (broad SMARTS) is 1. The normalized spacial score (nSPS) is 10.1. The van der Waals surface area contributed by atoms with Crippen molar-refractivity contribution in [3.8, 4) is 11.8 Å². The van der Waals surface area contributed by atoms with Crippen molar-refractivity contribution >= 4 is 5.97 Å². The molecule has 2 rings (SSSR count). The third-order valence-corrected chi connectivity index (χ3v) is 2.23. The van der Waals surface area contributed by atoms with Crippen LogP contribution in [-0.2, 0) is 0 Å². The van der Waals surface area contributed by atoms with Crippen molar-refractivity contribution in [3.63, 3.8) is 0 Å². The molecule has 0 fully saturated rings. The van der Waals surface area contributed by atoms with Gasteiger partial charge in [0.25, 0.3) is 0 Å². The maximum Gasteiger partial charge on any atom is 0.338 e. The molecule has 5 nitrogen and oxygen atoms in total. The molecule has 0 aliphatic rings. The summed E-state index contributed by atoms with van der Waals surface area (Å²) in [5, 5.41) is 8.67. The minimum Gasteiger partial charge on any atom is -0.478 e. The monoisotopic (exact) mass is 248 g/mol. The molecule has 0 saturated carbocycles. The zero-order chi connectivity index (χ0) is 13.1. The number of hydrogen-bond acceptors (Lipinski definition) is 4. The number of carboxylic acids is 1. The highest BCUT2D eigenvalue weighted by atomic mass is 19.1. The van der Waals surface area contributed by atoms with Gasteiger partial charge in [-0.15, -0.1) is 0 Å². The minimum absolute atomic E-state index is 0.00178. The highest BCUT2D eigenvalue weighted by Gasteiger charge is 2.09. The first-order chi connectivity index (χ1) is 8.58. The van der Waals surface area contributed by atoms with Crippen molar-refractivity contribution < 1.29 is 19.0 Å². The SMILES string of the molecule is Cc1cccc(Oc2ncc(C(=O)O)cn2)c1F. The van der Waals surface area contributed by atoms with Gasteiger partial charge in [0.05, 0.1) is 5.56 Å². The van der Waals surface area contributed by atoms with Gasteiger partial charge < -0.3 is 9.84 Å². The molecule has 0 unspecified atom stereocenters. The average Bonchev–Trinajstić information content (AvgIpc) is 2.36. The van der Waals surface area contributed by atoms with Crippen LogP contribution >= 0.6 is 0 Å². The molecule has 1 aromatic carbocycles. The lowest BCUT2D eigenvalue weighted by Gasteiger charge is -2.06. The zero-order valence-corrected chi connectivity index (χ0v) is 9.42. The number of benzene rings is 1. The Bertz CT molecular complexity index is 584. The van der Waals surface area contributed by atoms with E-state index >= 15 is 0 Å². The third kappa shape index (κ3) is 2.42. The summed E-state index contributed by atoms with van der Waals surface area (Å²) < 4.78 is 18.8. The second kappa shape index (κ2) is 4.79. The quantitative estimate of drug-likeness (QED) is 0.902. The molecule has 0 spiro atoms. The molecule has 0 saturated heterocycles. The maximum atomic E-state index is 13.6. The van der Waals surface area contributed by atoms with Gasteiger partial charge in [-0.05, 0) is 18.6 Å². The molecule has 0 amide bonds. The third-order valence-electron chi connectivity index (χ3n) is 2.23. The van der Waals surface area contributed by atoms with Crippen LogP contribution < -0.4 is 4.74 Å². The van der Waals surface area contributed by atoms with Gasteiger partial charge in [-0.2, -0.15) is 0 Å². The Hall–Kier alpha value is -2.50. The van der Waals surface area contributed by atoms with Crippen molar-refractivity contribution in [3.05, 3.63) is 47.5 Å². The number of hydrogen-bond donors (Lipinski definition) is 1. The van der Waals surface area contributed by atoms with Crippen molar-refractivity contribution in [2.45, 2.75) is 6.92 Å². The van der Waals surface area contributed by atoms with Crippen molar-refractivity contribution in [2.24, 2.45) is 0 Å². The van der Waals surface area contributed by atoms with Gasteiger partial charge in [-0.3, -0.25) is 0 Å². The summed E-state index contributed by atoms with van der Waals surface area (Å²) in [6.45, 7) is 1.61. The Balaban J connectivity index is 2.24. The molecule has 6 heteroatoms. The summed E-state index contributed by atoms with van der Waals surface area (Å²) in [4.78, 5) is 18.0. The fourth-order valence-electron chi connectivity index (χ4n) is 1.28. The number of rotatable bonds is 3. The lowest BCUT2D eigenvalue weighted by molar-refractivity contribution is 0.0696. The largest absolute Gasteiger partial charge is 0.478 e. The Morgan fingerprint density at radius 2 is 2.00 bits per heavy atom. The van der Waals surface area contributed by atoms with Gasteiger partial charge in [-0.1, -0.05) is 12.1 Å². The van der Waals surface area contributed by atoms with E-state index in [-0.39, 0.29) is 17.3 Å². The number of ether oxygens (including phenoxy) is 1. The van der Waals surface area contributed by atoms with E-state index < -0.39 is 11.8 Å². The summed E-state index contributed by atoms with van der Waals surface area (Å²) in [5.74, 6) is -1.63. The number of nitrogens with zero attached hydrogens (tertiary/aromatic N) is 2. The van der Waals surface area contributed by atoms with Crippen LogP contribution in [0.3, 0.4) is 0 Å². The molecule has 0 radical (unpaired) electrons. The van der Waals surface area contributed by atoms with Gasteiger partial charge in [0.2, 0.25) is 0 Å². The lowest BCUT2D eigenvalue weighted by atomic mass is 10.2. The van der Waals surface area contributed by atoms with E-state index in [0.717, 1.165) is 12.4 Å². The molecule has 0 aliphatic heterocycles. The van der Waals surface area contributed by atoms with Crippen LogP contribution in [0.4, 0.5) is 4.39 Å². The van der Waals surface area contributed by atoms with Crippen LogP contribution in [0, 0.1) is 12.7 Å². The number of aromatic nitrogens is 2. The van der Waals surface area contributed by atoms with E-state index in [1.54, 1.807) is 19.1 Å². The molecule has 92 valence electrons. The number of carbonyl (C=O) groups is 1. The van der Waals surface area contributed by atoms with E-state index in [1.165, 1.54) is 6.07 Å². The zero-order valence-electron chi connectivity index (χ0n) is 9.42. The molecule has 0 atom stereocenters. The predicted octanol–water partition coefficient (Wildman–Crippen LogP) is 2.41. The summed E-state index contributed by atoms with van der Waals surface area (Å²) >= 11 is 0. The Morgan fingerprint density at radius 1 is 1.33 bits per heavy atom. The molecule has 1 heterocycles. The van der Waals surface area contributed by atoms with Gasteiger partial charge in [0.15, 0.2) is 11.6 Å². The topological polar surface area (TPSA) is 72.3 Å². The van der Waals surface area contributed by atoms with Crippen molar-refractivity contribution in [1.29, 1.82) is 0 Å². The number of aromatic carboxylic acids is 1. The van der Waals surface area contributed by atoms with Gasteiger partial charge in [0, 0.05) is 12.4 Å². The van der Waals surface area contributed by atoms with Crippen LogP contribution in [0.25, 0.3) is 0 Å². The molecule has 1 aromatic heterocycles. The minimum atomic E-state index is -1.14. The van der Waals surface area contributed by atoms with E-state index in [9.17, 15) is 9.18 Å². The van der Waals surface area contributed by atoms with Crippen LogP contribution in [-0.4, -0.2) is 21.0 Å². The number of halogens is 1. The average molecular weight is 248 g/mol. The molecule has 2 aromatic rings. The second-order valence-electron chi connectivity index (χ2n) is 3.55. The second-order valence-corrected chi connectivity index (χ2v) is 3.55. The van der Waals surface area contributed by atoms with Crippen LogP contribution in [0.2, 0.25) is 0 Å². The molecule has 18 heavy (non-hydrogen) atoms. The Labute approximate surface area is 102 Å². The van der Waals surface area contributed by atoms with Gasteiger partial charge in [0.1, 0.15) is 0 Å². The van der Waals surface area contributed by atoms with Crippen LogP contribution in [0.1, 0.15) is 15.9 Å². The fraction of sp³-hybridized carbons (Fsp3) is 0.0833. The highest BCUT2D eigenvalue weighted by molar-refractivity contribution is 5.86. The van der Waals surface area contributed by atoms with E-state index in [0.29, 0.717) is 5.56 Å². The first-order valence-electron chi connectivity index (χ1n) is 5.06. The molecular formula is C12H9FN2O3. The molecule has 1 N–H and O–H groups in total. The van der Waals surface area contributed by atoms with E-state index in [2.05, 4.69) is 9.97 Å². The Morgan fingerprint density at radius 3 is 2.61 bits per heavy atom. The molecule has 0 aliphatic carbocycles. The molecule has 0 bridgehead atoms. The predicted molar refractivity (Wildman–Crippen MR) is 60.2 cm³/mol. The molecular weight excluding hydrogens is 239 g/mol. The smallest absolute Gasteiger partial charge is 0.338 e. The highest BCUT2D eigenvalue weighted by Crippen LogP contribution is 2.23. The summed E-state index contributed by atoms with van der Waals surface area (Å²) in [7, 11) is 0.